The average molecular weight is 331 g/mol. The summed E-state index contributed by atoms with van der Waals surface area (Å²) >= 11 is 6.00. The summed E-state index contributed by atoms with van der Waals surface area (Å²) in [5, 5.41) is 6.06. The zero-order valence-corrected chi connectivity index (χ0v) is 13.9. The maximum Gasteiger partial charge on any atom is 0.257 e. The predicted molar refractivity (Wildman–Crippen MR) is 93.1 cm³/mol. The Morgan fingerprint density at radius 1 is 1.04 bits per heavy atom. The van der Waals surface area contributed by atoms with E-state index in [9.17, 15) is 9.59 Å². The third-order valence-electron chi connectivity index (χ3n) is 3.51. The number of rotatable bonds is 5. The van der Waals surface area contributed by atoms with Gasteiger partial charge in [-0.05, 0) is 49.7 Å². The highest BCUT2D eigenvalue weighted by molar-refractivity contribution is 6.34. The van der Waals surface area contributed by atoms with E-state index in [1.165, 1.54) is 0 Å². The number of anilines is 1. The first-order valence-electron chi connectivity index (χ1n) is 7.48. The fourth-order valence-corrected chi connectivity index (χ4v) is 2.18. The molecule has 0 bridgehead atoms. The SMILES string of the molecule is CC[C@H](C)NC(=O)c1ccc(NC(=O)c2ccccc2Cl)cc1. The van der Waals surface area contributed by atoms with Crippen molar-refractivity contribution in [3.8, 4) is 0 Å². The molecule has 0 spiro atoms. The van der Waals surface area contributed by atoms with Crippen molar-refractivity contribution in [3.05, 3.63) is 64.7 Å². The molecule has 120 valence electrons. The highest BCUT2D eigenvalue weighted by Crippen LogP contribution is 2.17. The average Bonchev–Trinajstić information content (AvgIpc) is 2.55. The largest absolute Gasteiger partial charge is 0.350 e. The maximum absolute atomic E-state index is 12.2. The van der Waals surface area contributed by atoms with Crippen molar-refractivity contribution in [2.24, 2.45) is 0 Å². The third kappa shape index (κ3) is 4.57. The monoisotopic (exact) mass is 330 g/mol. The molecule has 2 aromatic carbocycles. The second-order valence-corrected chi connectivity index (χ2v) is 5.70. The molecule has 0 saturated heterocycles. The van der Waals surface area contributed by atoms with Gasteiger partial charge >= 0.3 is 0 Å². The molecule has 0 saturated carbocycles. The van der Waals surface area contributed by atoms with Gasteiger partial charge in [-0.15, -0.1) is 0 Å². The van der Waals surface area contributed by atoms with Crippen LogP contribution in [0.5, 0.6) is 0 Å². The van der Waals surface area contributed by atoms with E-state index in [1.54, 1.807) is 48.5 Å². The molecular weight excluding hydrogens is 312 g/mol. The summed E-state index contributed by atoms with van der Waals surface area (Å²) in [5.74, 6) is -0.407. The number of nitrogens with one attached hydrogen (secondary N) is 2. The number of hydrogen-bond donors (Lipinski definition) is 2. The minimum absolute atomic E-state index is 0.122. The van der Waals surface area contributed by atoms with Crippen LogP contribution in [-0.4, -0.2) is 17.9 Å². The Morgan fingerprint density at radius 2 is 1.70 bits per heavy atom. The van der Waals surface area contributed by atoms with Crippen molar-refractivity contribution in [1.29, 1.82) is 0 Å². The Bertz CT molecular complexity index is 698. The molecule has 1 atom stereocenters. The van der Waals surface area contributed by atoms with Gasteiger partial charge in [-0.25, -0.2) is 0 Å². The van der Waals surface area contributed by atoms with Crippen LogP contribution in [0.3, 0.4) is 0 Å². The lowest BCUT2D eigenvalue weighted by Crippen LogP contribution is -2.31. The molecule has 2 N–H and O–H groups in total. The molecule has 2 rings (SSSR count). The lowest BCUT2D eigenvalue weighted by molar-refractivity contribution is 0.0938. The summed E-state index contributed by atoms with van der Waals surface area (Å²) in [6.45, 7) is 3.97. The molecule has 0 aromatic heterocycles. The van der Waals surface area contributed by atoms with Crippen LogP contribution in [-0.2, 0) is 0 Å². The first-order chi connectivity index (χ1) is 11.0. The van der Waals surface area contributed by atoms with Gasteiger partial charge in [0.2, 0.25) is 0 Å². The van der Waals surface area contributed by atoms with E-state index < -0.39 is 0 Å². The van der Waals surface area contributed by atoms with Gasteiger partial charge in [0.25, 0.3) is 11.8 Å². The van der Waals surface area contributed by atoms with E-state index in [1.807, 2.05) is 13.8 Å². The second kappa shape index (κ2) is 7.79. The molecule has 0 aliphatic carbocycles. The zero-order chi connectivity index (χ0) is 16.8. The predicted octanol–water partition coefficient (Wildman–Crippen LogP) is 4.12. The van der Waals surface area contributed by atoms with Crippen LogP contribution in [0.15, 0.2) is 48.5 Å². The first kappa shape index (κ1) is 17.0. The maximum atomic E-state index is 12.2. The van der Waals surface area contributed by atoms with E-state index in [0.29, 0.717) is 21.8 Å². The van der Waals surface area contributed by atoms with Gasteiger partial charge in [-0.1, -0.05) is 30.7 Å². The van der Waals surface area contributed by atoms with E-state index in [0.717, 1.165) is 6.42 Å². The van der Waals surface area contributed by atoms with Crippen LogP contribution in [0, 0.1) is 0 Å². The lowest BCUT2D eigenvalue weighted by Gasteiger charge is -2.12. The molecule has 0 unspecified atom stereocenters. The van der Waals surface area contributed by atoms with Crippen LogP contribution >= 0.6 is 11.6 Å². The van der Waals surface area contributed by atoms with Gasteiger partial charge < -0.3 is 10.6 Å². The first-order valence-corrected chi connectivity index (χ1v) is 7.86. The van der Waals surface area contributed by atoms with E-state index in [-0.39, 0.29) is 17.9 Å². The zero-order valence-electron chi connectivity index (χ0n) is 13.1. The molecule has 4 nitrogen and oxygen atoms in total. The summed E-state index contributed by atoms with van der Waals surface area (Å²) in [6, 6.07) is 13.7. The molecular formula is C18H19ClN2O2. The van der Waals surface area contributed by atoms with E-state index >= 15 is 0 Å². The van der Waals surface area contributed by atoms with Crippen molar-refractivity contribution in [2.75, 3.05) is 5.32 Å². The summed E-state index contributed by atoms with van der Waals surface area (Å²) in [4.78, 5) is 24.2. The number of hydrogen-bond acceptors (Lipinski definition) is 2. The molecule has 0 heterocycles. The number of carbonyl (C=O) groups excluding carboxylic acids is 2. The highest BCUT2D eigenvalue weighted by Gasteiger charge is 2.11. The minimum atomic E-state index is -0.285. The number of amides is 2. The Labute approximate surface area is 140 Å². The Kier molecular flexibility index (Phi) is 5.77. The summed E-state index contributed by atoms with van der Waals surface area (Å²) in [6.07, 6.45) is 0.873. The standard InChI is InChI=1S/C18H19ClN2O2/c1-3-12(2)20-17(22)13-8-10-14(11-9-13)21-18(23)15-6-4-5-7-16(15)19/h4-12H,3H2,1-2H3,(H,20,22)(H,21,23)/t12-/m0/s1. The number of benzene rings is 2. The van der Waals surface area contributed by atoms with E-state index in [4.69, 9.17) is 11.6 Å². The normalized spacial score (nSPS) is 11.6. The molecule has 2 aromatic rings. The van der Waals surface area contributed by atoms with Gasteiger partial charge in [0.1, 0.15) is 0 Å². The van der Waals surface area contributed by atoms with Crippen molar-refractivity contribution < 1.29 is 9.59 Å². The van der Waals surface area contributed by atoms with Gasteiger partial charge in [0.15, 0.2) is 0 Å². The smallest absolute Gasteiger partial charge is 0.257 e. The fourth-order valence-electron chi connectivity index (χ4n) is 1.96. The lowest BCUT2D eigenvalue weighted by atomic mass is 10.1. The van der Waals surface area contributed by atoms with Crippen molar-refractivity contribution in [3.63, 3.8) is 0 Å². The second-order valence-electron chi connectivity index (χ2n) is 5.29. The summed E-state index contributed by atoms with van der Waals surface area (Å²) < 4.78 is 0. The van der Waals surface area contributed by atoms with Gasteiger partial charge in [-0.3, -0.25) is 9.59 Å². The molecule has 0 aliphatic heterocycles. The Morgan fingerprint density at radius 3 is 2.30 bits per heavy atom. The fraction of sp³-hybridized carbons (Fsp3) is 0.222. The highest BCUT2D eigenvalue weighted by atomic mass is 35.5. The molecule has 23 heavy (non-hydrogen) atoms. The quantitative estimate of drug-likeness (QED) is 0.866. The van der Waals surface area contributed by atoms with Crippen LogP contribution in [0.2, 0.25) is 5.02 Å². The van der Waals surface area contributed by atoms with Crippen LogP contribution in [0.25, 0.3) is 0 Å². The van der Waals surface area contributed by atoms with Crippen molar-refractivity contribution in [1.82, 2.24) is 5.32 Å². The molecule has 0 radical (unpaired) electrons. The van der Waals surface area contributed by atoms with Crippen molar-refractivity contribution >= 4 is 29.1 Å². The summed E-state index contributed by atoms with van der Waals surface area (Å²) in [5.41, 5.74) is 1.57. The molecule has 0 aliphatic rings. The topological polar surface area (TPSA) is 58.2 Å². The molecule has 0 fully saturated rings. The minimum Gasteiger partial charge on any atom is -0.350 e. The van der Waals surface area contributed by atoms with Crippen LogP contribution < -0.4 is 10.6 Å². The summed E-state index contributed by atoms with van der Waals surface area (Å²) in [7, 11) is 0. The van der Waals surface area contributed by atoms with Crippen molar-refractivity contribution in [2.45, 2.75) is 26.3 Å². The van der Waals surface area contributed by atoms with Gasteiger partial charge in [0.05, 0.1) is 10.6 Å². The molecule has 5 heteroatoms. The van der Waals surface area contributed by atoms with Gasteiger partial charge in [-0.2, -0.15) is 0 Å². The van der Waals surface area contributed by atoms with Crippen LogP contribution in [0.1, 0.15) is 41.0 Å². The molecule has 2 amide bonds. The number of carbonyl (C=O) groups is 2. The van der Waals surface area contributed by atoms with E-state index in [2.05, 4.69) is 10.6 Å². The van der Waals surface area contributed by atoms with Gasteiger partial charge in [0, 0.05) is 17.3 Å². The third-order valence-corrected chi connectivity index (χ3v) is 3.84. The van der Waals surface area contributed by atoms with Crippen LogP contribution in [0.4, 0.5) is 5.69 Å². The Hall–Kier alpha value is -2.33. The number of halogens is 1. The Balaban J connectivity index is 2.04.